The smallest absolute Gasteiger partial charge is 0.254 e. The molecule has 0 spiro atoms. The molecule has 6 heteroatoms. The number of aryl methyl sites for hydroxylation is 2. The van der Waals surface area contributed by atoms with E-state index in [-0.39, 0.29) is 5.56 Å². The van der Waals surface area contributed by atoms with Crippen LogP contribution >= 0.6 is 0 Å². The van der Waals surface area contributed by atoms with Crippen LogP contribution in [0.4, 0.5) is 0 Å². The van der Waals surface area contributed by atoms with Crippen molar-refractivity contribution in [3.05, 3.63) is 34.6 Å². The lowest BCUT2D eigenvalue weighted by Gasteiger charge is -2.02. The highest BCUT2D eigenvalue weighted by Crippen LogP contribution is 2.17. The van der Waals surface area contributed by atoms with Gasteiger partial charge in [-0.05, 0) is 6.42 Å². The summed E-state index contributed by atoms with van der Waals surface area (Å²) < 4.78 is 7.31. The minimum atomic E-state index is -0.210. The molecule has 0 radical (unpaired) electrons. The Labute approximate surface area is 105 Å². The first-order valence-electron chi connectivity index (χ1n) is 6.01. The summed E-state index contributed by atoms with van der Waals surface area (Å²) >= 11 is 0. The molecular weight excluding hydrogens is 232 g/mol. The molecule has 0 aliphatic rings. The van der Waals surface area contributed by atoms with Gasteiger partial charge in [0.05, 0.1) is 18.5 Å². The predicted octanol–water partition coefficient (Wildman–Crippen LogP) is 1.73. The summed E-state index contributed by atoms with van der Waals surface area (Å²) in [4.78, 5) is 18.2. The Bertz CT molecular complexity index is 573. The first-order valence-corrected chi connectivity index (χ1v) is 6.01. The van der Waals surface area contributed by atoms with Crippen LogP contribution in [-0.2, 0) is 13.0 Å². The van der Waals surface area contributed by atoms with Crippen molar-refractivity contribution < 1.29 is 4.74 Å². The average molecular weight is 248 g/mol. The van der Waals surface area contributed by atoms with Gasteiger partial charge in [0.25, 0.3) is 5.56 Å². The lowest BCUT2D eigenvalue weighted by molar-refractivity contribution is 0.456. The van der Waals surface area contributed by atoms with Crippen LogP contribution in [0.2, 0.25) is 0 Å². The van der Waals surface area contributed by atoms with Crippen LogP contribution in [-0.4, -0.2) is 19.7 Å². The summed E-state index contributed by atoms with van der Waals surface area (Å²) in [6.45, 7) is 4.84. The Kier molecular flexibility index (Phi) is 3.76. The second-order valence-corrected chi connectivity index (χ2v) is 3.93. The molecule has 0 aliphatic heterocycles. The van der Waals surface area contributed by atoms with Crippen molar-refractivity contribution in [2.24, 2.45) is 0 Å². The van der Waals surface area contributed by atoms with Gasteiger partial charge in [-0.15, -0.1) is 0 Å². The normalized spacial score (nSPS) is 10.6. The van der Waals surface area contributed by atoms with Gasteiger partial charge in [0.2, 0.25) is 5.88 Å². The SMILES string of the molecule is CCCn1cc(Oc2cc(=O)[nH]c(CC)n2)cn1. The van der Waals surface area contributed by atoms with E-state index in [2.05, 4.69) is 22.0 Å². The van der Waals surface area contributed by atoms with Crippen molar-refractivity contribution in [2.75, 3.05) is 0 Å². The van der Waals surface area contributed by atoms with Gasteiger partial charge in [-0.1, -0.05) is 13.8 Å². The standard InChI is InChI=1S/C12H16N4O2/c1-3-5-16-8-9(7-13-16)18-12-6-11(17)14-10(4-2)15-12/h6-8H,3-5H2,1-2H3,(H,14,15,17). The summed E-state index contributed by atoms with van der Waals surface area (Å²) in [5.74, 6) is 1.49. The first-order chi connectivity index (χ1) is 8.71. The molecule has 2 heterocycles. The van der Waals surface area contributed by atoms with Gasteiger partial charge >= 0.3 is 0 Å². The van der Waals surface area contributed by atoms with Crippen molar-refractivity contribution in [1.29, 1.82) is 0 Å². The zero-order valence-corrected chi connectivity index (χ0v) is 10.5. The van der Waals surface area contributed by atoms with E-state index in [1.807, 2.05) is 6.92 Å². The Morgan fingerprint density at radius 1 is 1.44 bits per heavy atom. The molecule has 0 bridgehead atoms. The molecule has 0 atom stereocenters. The van der Waals surface area contributed by atoms with Crippen LogP contribution < -0.4 is 10.3 Å². The molecule has 0 fully saturated rings. The molecule has 0 saturated carbocycles. The lowest BCUT2D eigenvalue weighted by atomic mass is 10.4. The summed E-state index contributed by atoms with van der Waals surface area (Å²) in [5, 5.41) is 4.15. The number of H-pyrrole nitrogens is 1. The van der Waals surface area contributed by atoms with E-state index >= 15 is 0 Å². The van der Waals surface area contributed by atoms with Crippen molar-refractivity contribution in [2.45, 2.75) is 33.2 Å². The number of nitrogens with one attached hydrogen (secondary N) is 1. The maximum Gasteiger partial charge on any atom is 0.254 e. The number of aromatic amines is 1. The fourth-order valence-corrected chi connectivity index (χ4v) is 1.57. The van der Waals surface area contributed by atoms with Crippen molar-refractivity contribution in [3.63, 3.8) is 0 Å². The van der Waals surface area contributed by atoms with Crippen LogP contribution in [0.25, 0.3) is 0 Å². The Balaban J connectivity index is 2.17. The third-order valence-corrected chi connectivity index (χ3v) is 2.39. The molecule has 0 aliphatic carbocycles. The van der Waals surface area contributed by atoms with Crippen LogP contribution in [0.15, 0.2) is 23.3 Å². The van der Waals surface area contributed by atoms with E-state index in [4.69, 9.17) is 4.74 Å². The van der Waals surface area contributed by atoms with Gasteiger partial charge in [0, 0.05) is 13.0 Å². The monoisotopic (exact) mass is 248 g/mol. The summed E-state index contributed by atoms with van der Waals surface area (Å²) in [7, 11) is 0. The topological polar surface area (TPSA) is 72.8 Å². The molecule has 2 aromatic rings. The van der Waals surface area contributed by atoms with E-state index in [0.29, 0.717) is 23.9 Å². The van der Waals surface area contributed by atoms with E-state index in [0.717, 1.165) is 13.0 Å². The summed E-state index contributed by atoms with van der Waals surface area (Å²) in [6, 6.07) is 1.33. The number of hydrogen-bond acceptors (Lipinski definition) is 4. The average Bonchev–Trinajstić information content (AvgIpc) is 2.76. The highest BCUT2D eigenvalue weighted by Gasteiger charge is 2.04. The van der Waals surface area contributed by atoms with Crippen LogP contribution in [0.1, 0.15) is 26.1 Å². The number of rotatable bonds is 5. The van der Waals surface area contributed by atoms with E-state index in [1.54, 1.807) is 17.1 Å². The Morgan fingerprint density at radius 3 is 3.00 bits per heavy atom. The Morgan fingerprint density at radius 2 is 2.28 bits per heavy atom. The zero-order valence-electron chi connectivity index (χ0n) is 10.5. The zero-order chi connectivity index (χ0) is 13.0. The van der Waals surface area contributed by atoms with Crippen LogP contribution in [0, 0.1) is 0 Å². The van der Waals surface area contributed by atoms with Gasteiger partial charge < -0.3 is 9.72 Å². The maximum absolute atomic E-state index is 11.4. The molecule has 0 unspecified atom stereocenters. The minimum absolute atomic E-state index is 0.210. The molecule has 1 N–H and O–H groups in total. The quantitative estimate of drug-likeness (QED) is 0.874. The van der Waals surface area contributed by atoms with Gasteiger partial charge in [-0.3, -0.25) is 9.48 Å². The second-order valence-electron chi connectivity index (χ2n) is 3.93. The minimum Gasteiger partial charge on any atom is -0.435 e. The first kappa shape index (κ1) is 12.3. The van der Waals surface area contributed by atoms with E-state index in [9.17, 15) is 4.79 Å². The highest BCUT2D eigenvalue weighted by atomic mass is 16.5. The molecule has 0 saturated heterocycles. The van der Waals surface area contributed by atoms with Crippen molar-refractivity contribution in [3.8, 4) is 11.6 Å². The van der Waals surface area contributed by atoms with Gasteiger partial charge in [0.1, 0.15) is 5.82 Å². The molecule has 2 aromatic heterocycles. The van der Waals surface area contributed by atoms with Crippen LogP contribution in [0.5, 0.6) is 11.6 Å². The summed E-state index contributed by atoms with van der Waals surface area (Å²) in [5.41, 5.74) is -0.210. The van der Waals surface area contributed by atoms with E-state index < -0.39 is 0 Å². The lowest BCUT2D eigenvalue weighted by Crippen LogP contribution is -2.10. The maximum atomic E-state index is 11.4. The van der Waals surface area contributed by atoms with E-state index in [1.165, 1.54) is 6.07 Å². The molecule has 6 nitrogen and oxygen atoms in total. The number of nitrogens with zero attached hydrogens (tertiary/aromatic N) is 3. The third kappa shape index (κ3) is 2.97. The second kappa shape index (κ2) is 5.48. The predicted molar refractivity (Wildman–Crippen MR) is 66.8 cm³/mol. The van der Waals surface area contributed by atoms with Crippen molar-refractivity contribution in [1.82, 2.24) is 19.7 Å². The molecule has 0 amide bonds. The largest absolute Gasteiger partial charge is 0.435 e. The Hall–Kier alpha value is -2.11. The van der Waals surface area contributed by atoms with Gasteiger partial charge in [0.15, 0.2) is 5.75 Å². The number of hydrogen-bond donors (Lipinski definition) is 1. The number of aromatic nitrogens is 4. The highest BCUT2D eigenvalue weighted by molar-refractivity contribution is 5.20. The van der Waals surface area contributed by atoms with Crippen LogP contribution in [0.3, 0.4) is 0 Å². The molecule has 2 rings (SSSR count). The molecule has 96 valence electrons. The fraction of sp³-hybridized carbons (Fsp3) is 0.417. The molecular formula is C12H16N4O2. The molecule has 0 aromatic carbocycles. The third-order valence-electron chi connectivity index (χ3n) is 2.39. The van der Waals surface area contributed by atoms with Gasteiger partial charge in [-0.2, -0.15) is 10.1 Å². The van der Waals surface area contributed by atoms with Crippen molar-refractivity contribution >= 4 is 0 Å². The number of ether oxygens (including phenoxy) is 1. The molecule has 18 heavy (non-hydrogen) atoms. The van der Waals surface area contributed by atoms with Gasteiger partial charge in [-0.25, -0.2) is 0 Å². The fourth-order valence-electron chi connectivity index (χ4n) is 1.57. The summed E-state index contributed by atoms with van der Waals surface area (Å²) in [6.07, 6.45) is 5.06.